The van der Waals surface area contributed by atoms with Crippen molar-refractivity contribution in [2.75, 3.05) is 13.2 Å². The third-order valence-electron chi connectivity index (χ3n) is 4.78. The molecule has 3 atom stereocenters. The summed E-state index contributed by atoms with van der Waals surface area (Å²) in [6.07, 6.45) is 4.15. The van der Waals surface area contributed by atoms with Crippen molar-refractivity contribution in [1.82, 2.24) is 0 Å². The van der Waals surface area contributed by atoms with Crippen molar-refractivity contribution in [3.8, 4) is 0 Å². The number of hydrogen-bond donors (Lipinski definition) is 2. The lowest BCUT2D eigenvalue weighted by molar-refractivity contribution is -0.0804. The summed E-state index contributed by atoms with van der Waals surface area (Å²) in [6, 6.07) is 3.38. The van der Waals surface area contributed by atoms with E-state index >= 15 is 0 Å². The van der Waals surface area contributed by atoms with Crippen molar-refractivity contribution < 1.29 is 18.6 Å². The average molecular weight is 297 g/mol. The zero-order valence-electron chi connectivity index (χ0n) is 11.9. The minimum absolute atomic E-state index is 0.0786. The van der Waals surface area contributed by atoms with Gasteiger partial charge in [0.1, 0.15) is 11.6 Å². The Morgan fingerprint density at radius 2 is 2.10 bits per heavy atom. The van der Waals surface area contributed by atoms with Gasteiger partial charge in [0.15, 0.2) is 0 Å². The summed E-state index contributed by atoms with van der Waals surface area (Å²) in [7, 11) is 0. The van der Waals surface area contributed by atoms with Crippen LogP contribution >= 0.6 is 0 Å². The number of hydrogen-bond acceptors (Lipinski definition) is 3. The fourth-order valence-corrected chi connectivity index (χ4v) is 3.26. The molecule has 2 fully saturated rings. The molecule has 0 bridgehead atoms. The van der Waals surface area contributed by atoms with Crippen LogP contribution in [-0.4, -0.2) is 24.4 Å². The molecule has 21 heavy (non-hydrogen) atoms. The standard InChI is InChI=1S/C16H21F2NO2/c17-12-3-4-14(15(18)7-12)16(19)9-21-13(5-10-1-2-10)6-11(16)8-20/h3-4,7,10-11,13,20H,1-2,5-6,8-9,19H2. The molecule has 2 aliphatic rings. The van der Waals surface area contributed by atoms with E-state index in [0.717, 1.165) is 18.4 Å². The van der Waals surface area contributed by atoms with Gasteiger partial charge in [-0.15, -0.1) is 0 Å². The summed E-state index contributed by atoms with van der Waals surface area (Å²) in [6.45, 7) is 0.0238. The molecular weight excluding hydrogens is 276 g/mol. The molecule has 1 aliphatic carbocycles. The van der Waals surface area contributed by atoms with Crippen LogP contribution in [-0.2, 0) is 10.3 Å². The second kappa shape index (κ2) is 5.63. The monoisotopic (exact) mass is 297 g/mol. The highest BCUT2D eigenvalue weighted by Gasteiger charge is 2.44. The highest BCUT2D eigenvalue weighted by Crippen LogP contribution is 2.41. The topological polar surface area (TPSA) is 55.5 Å². The van der Waals surface area contributed by atoms with Crippen molar-refractivity contribution in [2.24, 2.45) is 17.6 Å². The van der Waals surface area contributed by atoms with Gasteiger partial charge >= 0.3 is 0 Å². The quantitative estimate of drug-likeness (QED) is 0.896. The smallest absolute Gasteiger partial charge is 0.131 e. The Labute approximate surface area is 123 Å². The van der Waals surface area contributed by atoms with E-state index in [1.165, 1.54) is 25.0 Å². The molecule has 0 amide bonds. The molecule has 1 aliphatic heterocycles. The molecule has 1 heterocycles. The summed E-state index contributed by atoms with van der Waals surface area (Å²) in [5, 5.41) is 9.67. The molecule has 3 rings (SSSR count). The average Bonchev–Trinajstić information content (AvgIpc) is 3.25. The lowest BCUT2D eigenvalue weighted by Crippen LogP contribution is -2.55. The SMILES string of the molecule is NC1(c2ccc(F)cc2F)COC(CC2CC2)CC1CO. The summed E-state index contributed by atoms with van der Waals surface area (Å²) < 4.78 is 32.9. The second-order valence-corrected chi connectivity index (χ2v) is 6.39. The van der Waals surface area contributed by atoms with E-state index < -0.39 is 17.2 Å². The molecule has 1 aromatic rings. The van der Waals surface area contributed by atoms with Crippen LogP contribution in [0.4, 0.5) is 8.78 Å². The number of nitrogens with two attached hydrogens (primary N) is 1. The molecule has 3 unspecified atom stereocenters. The molecule has 3 nitrogen and oxygen atoms in total. The molecule has 116 valence electrons. The molecule has 1 aromatic carbocycles. The van der Waals surface area contributed by atoms with Crippen LogP contribution in [0, 0.1) is 23.5 Å². The minimum atomic E-state index is -1.10. The van der Waals surface area contributed by atoms with Gasteiger partial charge in [0.05, 0.1) is 18.2 Å². The molecule has 0 spiro atoms. The predicted molar refractivity (Wildman–Crippen MR) is 74.5 cm³/mol. The molecular formula is C16H21F2NO2. The van der Waals surface area contributed by atoms with Gasteiger partial charge in [0, 0.05) is 24.2 Å². The van der Waals surface area contributed by atoms with Crippen LogP contribution in [0.25, 0.3) is 0 Å². The van der Waals surface area contributed by atoms with E-state index in [2.05, 4.69) is 0 Å². The summed E-state index contributed by atoms with van der Waals surface area (Å²) in [5.41, 5.74) is 5.46. The first-order valence-electron chi connectivity index (χ1n) is 7.50. The van der Waals surface area contributed by atoms with Gasteiger partial charge in [-0.25, -0.2) is 8.78 Å². The van der Waals surface area contributed by atoms with Crippen LogP contribution in [0.2, 0.25) is 0 Å². The fraction of sp³-hybridized carbons (Fsp3) is 0.625. The maximum Gasteiger partial charge on any atom is 0.131 e. The third-order valence-corrected chi connectivity index (χ3v) is 4.78. The number of aliphatic hydroxyl groups is 1. The summed E-state index contributed by atoms with van der Waals surface area (Å²) in [4.78, 5) is 0. The van der Waals surface area contributed by atoms with Crippen LogP contribution in [0.15, 0.2) is 18.2 Å². The van der Waals surface area contributed by atoms with Gasteiger partial charge in [-0.3, -0.25) is 0 Å². The number of halogens is 2. The molecule has 5 heteroatoms. The van der Waals surface area contributed by atoms with E-state index in [4.69, 9.17) is 10.5 Å². The highest BCUT2D eigenvalue weighted by atomic mass is 19.1. The Morgan fingerprint density at radius 1 is 1.33 bits per heavy atom. The van der Waals surface area contributed by atoms with Crippen molar-refractivity contribution in [3.05, 3.63) is 35.4 Å². The zero-order valence-corrected chi connectivity index (χ0v) is 11.9. The van der Waals surface area contributed by atoms with Crippen LogP contribution in [0.1, 0.15) is 31.2 Å². The van der Waals surface area contributed by atoms with Gasteiger partial charge in [0.2, 0.25) is 0 Å². The van der Waals surface area contributed by atoms with Crippen molar-refractivity contribution in [2.45, 2.75) is 37.3 Å². The maximum absolute atomic E-state index is 14.0. The first kappa shape index (κ1) is 14.9. The maximum atomic E-state index is 14.0. The Balaban J connectivity index is 1.81. The minimum Gasteiger partial charge on any atom is -0.396 e. The van der Waals surface area contributed by atoms with Gasteiger partial charge in [-0.1, -0.05) is 18.9 Å². The Hall–Kier alpha value is -1.04. The van der Waals surface area contributed by atoms with E-state index in [1.807, 2.05) is 0 Å². The van der Waals surface area contributed by atoms with Gasteiger partial charge in [-0.2, -0.15) is 0 Å². The number of ether oxygens (including phenoxy) is 1. The van der Waals surface area contributed by atoms with E-state index in [0.29, 0.717) is 6.42 Å². The highest BCUT2D eigenvalue weighted by molar-refractivity contribution is 5.28. The zero-order chi connectivity index (χ0) is 15.0. The molecule has 0 aromatic heterocycles. The Bertz CT molecular complexity index is 521. The van der Waals surface area contributed by atoms with Crippen molar-refractivity contribution >= 4 is 0 Å². The second-order valence-electron chi connectivity index (χ2n) is 6.39. The van der Waals surface area contributed by atoms with Crippen LogP contribution in [0.5, 0.6) is 0 Å². The third kappa shape index (κ3) is 2.96. The number of benzene rings is 1. The number of rotatable bonds is 4. The normalized spacial score (nSPS) is 33.1. The molecule has 0 radical (unpaired) electrons. The van der Waals surface area contributed by atoms with Gasteiger partial charge < -0.3 is 15.6 Å². The largest absolute Gasteiger partial charge is 0.396 e. The lowest BCUT2D eigenvalue weighted by atomic mass is 9.74. The molecule has 3 N–H and O–H groups in total. The predicted octanol–water partition coefficient (Wildman–Crippen LogP) is 2.32. The number of aliphatic hydroxyl groups excluding tert-OH is 1. The molecule has 1 saturated carbocycles. The Morgan fingerprint density at radius 3 is 2.71 bits per heavy atom. The van der Waals surface area contributed by atoms with Crippen molar-refractivity contribution in [3.63, 3.8) is 0 Å². The van der Waals surface area contributed by atoms with Gasteiger partial charge in [-0.05, 0) is 24.8 Å². The Kier molecular flexibility index (Phi) is 3.99. The van der Waals surface area contributed by atoms with Gasteiger partial charge in [0.25, 0.3) is 0 Å². The van der Waals surface area contributed by atoms with E-state index in [9.17, 15) is 13.9 Å². The summed E-state index contributed by atoms with van der Waals surface area (Å²) in [5.74, 6) is -0.874. The fourth-order valence-electron chi connectivity index (χ4n) is 3.26. The molecule has 1 saturated heterocycles. The first-order valence-corrected chi connectivity index (χ1v) is 7.50. The van der Waals surface area contributed by atoms with Crippen LogP contribution < -0.4 is 5.73 Å². The summed E-state index contributed by atoms with van der Waals surface area (Å²) >= 11 is 0. The van der Waals surface area contributed by atoms with Crippen molar-refractivity contribution in [1.29, 1.82) is 0 Å². The first-order chi connectivity index (χ1) is 10.0. The lowest BCUT2D eigenvalue weighted by Gasteiger charge is -2.44. The van der Waals surface area contributed by atoms with E-state index in [1.54, 1.807) is 0 Å². The van der Waals surface area contributed by atoms with E-state index in [-0.39, 0.29) is 30.8 Å². The van der Waals surface area contributed by atoms with Crippen LogP contribution in [0.3, 0.4) is 0 Å².